The van der Waals surface area contributed by atoms with E-state index in [0.29, 0.717) is 23.7 Å². The van der Waals surface area contributed by atoms with Gasteiger partial charge in [-0.1, -0.05) is 35.0 Å². The van der Waals surface area contributed by atoms with E-state index in [4.69, 9.17) is 9.72 Å². The molecule has 2 atom stereocenters. The molecule has 1 aliphatic heterocycles. The van der Waals surface area contributed by atoms with Crippen LogP contribution in [0.4, 0.5) is 11.4 Å². The van der Waals surface area contributed by atoms with Gasteiger partial charge in [0.05, 0.1) is 35.5 Å². The van der Waals surface area contributed by atoms with Gasteiger partial charge < -0.3 is 30.0 Å². The first kappa shape index (κ1) is 25.5. The van der Waals surface area contributed by atoms with Gasteiger partial charge in [0.15, 0.2) is 0 Å². The predicted molar refractivity (Wildman–Crippen MR) is 151 cm³/mol. The molecule has 5 rings (SSSR count). The Morgan fingerprint density at radius 1 is 1.24 bits per heavy atom. The van der Waals surface area contributed by atoms with Gasteiger partial charge in [-0.25, -0.2) is 4.98 Å². The van der Waals surface area contributed by atoms with Crippen LogP contribution in [-0.2, 0) is 4.74 Å². The number of hydrogen-bond donors (Lipinski definition) is 4. The molecule has 0 radical (unpaired) electrons. The Kier molecular flexibility index (Phi) is 7.37. The van der Waals surface area contributed by atoms with Crippen LogP contribution in [0.3, 0.4) is 0 Å². The Balaban J connectivity index is 1.43. The highest BCUT2D eigenvalue weighted by molar-refractivity contribution is 9.10. The Bertz CT molecular complexity index is 1480. The topological polar surface area (TPSA) is 106 Å². The van der Waals surface area contributed by atoms with Crippen LogP contribution in [-0.4, -0.2) is 52.4 Å². The van der Waals surface area contributed by atoms with Gasteiger partial charge >= 0.3 is 0 Å². The largest absolute Gasteiger partial charge is 0.387 e. The minimum absolute atomic E-state index is 0.231. The van der Waals surface area contributed by atoms with Crippen LogP contribution in [0.1, 0.15) is 36.1 Å². The number of pyridine rings is 1. The fourth-order valence-electron chi connectivity index (χ4n) is 4.78. The molecule has 0 amide bonds. The molecule has 1 aliphatic rings. The van der Waals surface area contributed by atoms with Gasteiger partial charge in [-0.2, -0.15) is 0 Å². The van der Waals surface area contributed by atoms with Gasteiger partial charge in [0.25, 0.3) is 5.56 Å². The molecular formula is C28H32BrN5O3. The maximum absolute atomic E-state index is 12.9. The number of aliphatic hydroxyl groups is 1. The Morgan fingerprint density at radius 3 is 2.86 bits per heavy atom. The zero-order chi connectivity index (χ0) is 26.1. The first-order valence-corrected chi connectivity index (χ1v) is 13.4. The van der Waals surface area contributed by atoms with E-state index in [1.807, 2.05) is 32.0 Å². The molecule has 2 aromatic heterocycles. The standard InChI is InChI=1S/C28H32BrN5O3/c1-4-20-15-34(9-10-37-20)19-11-17(3)26-23(13-19)32-27(33-26)25-22(7-8-30-28(25)36)31-14-24(35)18-6-5-16(2)21(29)12-18/h5-8,11-13,20,24,35H,4,9-10,14-15H2,1-3H3,(H,32,33)(H2,30,31,36)/t20?,24-/m1/s1. The summed E-state index contributed by atoms with van der Waals surface area (Å²) >= 11 is 3.52. The molecule has 4 N–H and O–H groups in total. The lowest BCUT2D eigenvalue weighted by atomic mass is 10.1. The molecule has 1 saturated heterocycles. The predicted octanol–water partition coefficient (Wildman–Crippen LogP) is 5.06. The summed E-state index contributed by atoms with van der Waals surface area (Å²) < 4.78 is 6.78. The number of aliphatic hydroxyl groups excluding tert-OH is 1. The number of nitrogens with zero attached hydrogens (tertiary/aromatic N) is 2. The number of imidazole rings is 1. The fourth-order valence-corrected chi connectivity index (χ4v) is 5.17. The first-order chi connectivity index (χ1) is 17.8. The molecule has 194 valence electrons. The van der Waals surface area contributed by atoms with Gasteiger partial charge in [0.1, 0.15) is 11.4 Å². The van der Waals surface area contributed by atoms with Crippen molar-refractivity contribution in [1.82, 2.24) is 15.0 Å². The summed E-state index contributed by atoms with van der Waals surface area (Å²) in [5.41, 5.74) is 6.51. The van der Waals surface area contributed by atoms with E-state index < -0.39 is 6.10 Å². The summed E-state index contributed by atoms with van der Waals surface area (Å²) in [6, 6.07) is 11.8. The van der Waals surface area contributed by atoms with Crippen molar-refractivity contribution in [3.05, 3.63) is 74.1 Å². The molecule has 0 spiro atoms. The van der Waals surface area contributed by atoms with E-state index in [-0.39, 0.29) is 18.2 Å². The van der Waals surface area contributed by atoms with Gasteiger partial charge in [-0.3, -0.25) is 4.79 Å². The van der Waals surface area contributed by atoms with Crippen molar-refractivity contribution < 1.29 is 9.84 Å². The molecule has 9 heteroatoms. The third-order valence-corrected chi connectivity index (χ3v) is 7.84. The number of aromatic nitrogens is 3. The summed E-state index contributed by atoms with van der Waals surface area (Å²) in [6.07, 6.45) is 2.06. The van der Waals surface area contributed by atoms with Gasteiger partial charge in [-0.05, 0) is 61.2 Å². The highest BCUT2D eigenvalue weighted by Gasteiger charge is 2.22. The third kappa shape index (κ3) is 5.30. The van der Waals surface area contributed by atoms with Crippen LogP contribution in [0.2, 0.25) is 0 Å². The van der Waals surface area contributed by atoms with Crippen molar-refractivity contribution in [2.45, 2.75) is 39.4 Å². The lowest BCUT2D eigenvalue weighted by Gasteiger charge is -2.34. The Labute approximate surface area is 224 Å². The molecule has 8 nitrogen and oxygen atoms in total. The number of rotatable bonds is 7. The second-order valence-corrected chi connectivity index (χ2v) is 10.4. The third-order valence-electron chi connectivity index (χ3n) is 6.99. The quantitative estimate of drug-likeness (QED) is 0.249. The molecule has 37 heavy (non-hydrogen) atoms. The van der Waals surface area contributed by atoms with Crippen LogP contribution < -0.4 is 15.8 Å². The summed E-state index contributed by atoms with van der Waals surface area (Å²) in [5.74, 6) is 0.487. The van der Waals surface area contributed by atoms with E-state index in [1.165, 1.54) is 0 Å². The van der Waals surface area contributed by atoms with Crippen molar-refractivity contribution >= 4 is 38.3 Å². The smallest absolute Gasteiger partial charge is 0.261 e. The molecule has 1 fully saturated rings. The molecule has 1 unspecified atom stereocenters. The number of ether oxygens (including phenoxy) is 1. The second-order valence-electron chi connectivity index (χ2n) is 9.59. The molecule has 3 heterocycles. The van der Waals surface area contributed by atoms with Gasteiger partial charge in [-0.15, -0.1) is 0 Å². The lowest BCUT2D eigenvalue weighted by molar-refractivity contribution is 0.0384. The van der Waals surface area contributed by atoms with Crippen LogP contribution in [0.5, 0.6) is 0 Å². The first-order valence-electron chi connectivity index (χ1n) is 12.6. The van der Waals surface area contributed by atoms with Crippen LogP contribution >= 0.6 is 15.9 Å². The van der Waals surface area contributed by atoms with Crippen molar-refractivity contribution in [2.75, 3.05) is 36.5 Å². The second kappa shape index (κ2) is 10.7. The summed E-state index contributed by atoms with van der Waals surface area (Å²) in [7, 11) is 0. The fraction of sp³-hybridized carbons (Fsp3) is 0.357. The number of aryl methyl sites for hydroxylation is 2. The van der Waals surface area contributed by atoms with E-state index in [9.17, 15) is 9.90 Å². The zero-order valence-corrected chi connectivity index (χ0v) is 22.9. The Morgan fingerprint density at radius 2 is 2.08 bits per heavy atom. The lowest BCUT2D eigenvalue weighted by Crippen LogP contribution is -2.42. The number of benzene rings is 2. The summed E-state index contributed by atoms with van der Waals surface area (Å²) in [4.78, 5) is 26.2. The number of H-pyrrole nitrogens is 2. The minimum Gasteiger partial charge on any atom is -0.387 e. The normalized spacial score (nSPS) is 16.8. The van der Waals surface area contributed by atoms with Gasteiger partial charge in [0.2, 0.25) is 0 Å². The summed E-state index contributed by atoms with van der Waals surface area (Å²) in [6.45, 7) is 8.84. The van der Waals surface area contributed by atoms with E-state index in [0.717, 1.165) is 57.4 Å². The monoisotopic (exact) mass is 565 g/mol. The van der Waals surface area contributed by atoms with E-state index >= 15 is 0 Å². The number of fused-ring (bicyclic) bond motifs is 1. The number of halogens is 1. The maximum Gasteiger partial charge on any atom is 0.261 e. The molecule has 4 aromatic rings. The van der Waals surface area contributed by atoms with Crippen LogP contribution in [0.15, 0.2) is 51.9 Å². The van der Waals surface area contributed by atoms with Crippen molar-refractivity contribution in [1.29, 1.82) is 0 Å². The number of nitrogens with one attached hydrogen (secondary N) is 3. The van der Waals surface area contributed by atoms with Crippen LogP contribution in [0.25, 0.3) is 22.4 Å². The molecular weight excluding hydrogens is 534 g/mol. The number of aromatic amines is 2. The molecule has 0 bridgehead atoms. The minimum atomic E-state index is -0.745. The van der Waals surface area contributed by atoms with Crippen molar-refractivity contribution in [2.24, 2.45) is 0 Å². The summed E-state index contributed by atoms with van der Waals surface area (Å²) in [5, 5.41) is 14.0. The van der Waals surface area contributed by atoms with Gasteiger partial charge in [0, 0.05) is 36.0 Å². The zero-order valence-electron chi connectivity index (χ0n) is 21.3. The molecule has 0 aliphatic carbocycles. The van der Waals surface area contributed by atoms with Crippen LogP contribution in [0, 0.1) is 13.8 Å². The number of hydrogen-bond acceptors (Lipinski definition) is 6. The SMILES string of the molecule is CCC1CN(c2cc(C)c3nc(-c4c(NC[C@@H](O)c5ccc(C)c(Br)c5)cc[nH]c4=O)[nH]c3c2)CCO1. The van der Waals surface area contributed by atoms with Crippen molar-refractivity contribution in [3.63, 3.8) is 0 Å². The molecule has 0 saturated carbocycles. The molecule has 2 aromatic carbocycles. The van der Waals surface area contributed by atoms with E-state index in [2.05, 4.69) is 55.2 Å². The number of anilines is 2. The Hall–Kier alpha value is -3.14. The number of morpholine rings is 1. The van der Waals surface area contributed by atoms with Crippen molar-refractivity contribution in [3.8, 4) is 11.4 Å². The van der Waals surface area contributed by atoms with E-state index in [1.54, 1.807) is 12.3 Å². The highest BCUT2D eigenvalue weighted by atomic mass is 79.9. The average molecular weight is 566 g/mol. The maximum atomic E-state index is 12.9. The highest BCUT2D eigenvalue weighted by Crippen LogP contribution is 2.30. The average Bonchev–Trinajstić information content (AvgIpc) is 3.33.